The summed E-state index contributed by atoms with van der Waals surface area (Å²) < 4.78 is 0. The summed E-state index contributed by atoms with van der Waals surface area (Å²) in [6.07, 6.45) is 1.93. The Labute approximate surface area is 84.4 Å². The van der Waals surface area contributed by atoms with Crippen molar-refractivity contribution in [1.82, 2.24) is 0 Å². The second kappa shape index (κ2) is 5.25. The summed E-state index contributed by atoms with van der Waals surface area (Å²) in [6.45, 7) is 2.18. The van der Waals surface area contributed by atoms with Crippen LogP contribution in [-0.2, 0) is 13.0 Å². The fourth-order valence-corrected chi connectivity index (χ4v) is 1.53. The predicted molar refractivity (Wildman–Crippen MR) is 56.1 cm³/mol. The Morgan fingerprint density at radius 2 is 2.08 bits per heavy atom. The summed E-state index contributed by atoms with van der Waals surface area (Å²) >= 11 is 5.62. The molecule has 1 aromatic carbocycles. The molecule has 0 spiro atoms. The molecule has 0 radical (unpaired) electrons. The normalized spacial score (nSPS) is 10.4. The van der Waals surface area contributed by atoms with E-state index in [2.05, 4.69) is 13.0 Å². The number of benzene rings is 1. The third-order valence-electron chi connectivity index (χ3n) is 2.11. The van der Waals surface area contributed by atoms with Crippen molar-refractivity contribution in [2.24, 2.45) is 0 Å². The summed E-state index contributed by atoms with van der Waals surface area (Å²) in [5.41, 5.74) is 3.49. The van der Waals surface area contributed by atoms with E-state index in [0.717, 1.165) is 18.4 Å². The molecule has 0 saturated carbocycles. The quantitative estimate of drug-likeness (QED) is 0.738. The third kappa shape index (κ3) is 3.02. The molecule has 0 aliphatic carbocycles. The Morgan fingerprint density at radius 1 is 1.31 bits per heavy atom. The molecule has 0 amide bonds. The Hall–Kier alpha value is -0.530. The van der Waals surface area contributed by atoms with Crippen LogP contribution in [0.25, 0.3) is 0 Å². The molecule has 1 rings (SSSR count). The van der Waals surface area contributed by atoms with E-state index in [4.69, 9.17) is 16.7 Å². The van der Waals surface area contributed by atoms with Gasteiger partial charge in [-0.1, -0.05) is 23.8 Å². The van der Waals surface area contributed by atoms with Crippen LogP contribution in [0.3, 0.4) is 0 Å². The SMILES string of the molecule is Cc1ccc(CO)c(CCCCl)c1. The van der Waals surface area contributed by atoms with Gasteiger partial charge in [-0.25, -0.2) is 0 Å². The smallest absolute Gasteiger partial charge is 0.0684 e. The van der Waals surface area contributed by atoms with Crippen molar-refractivity contribution in [2.75, 3.05) is 5.88 Å². The average Bonchev–Trinajstić information content (AvgIpc) is 2.15. The molecule has 1 nitrogen and oxygen atoms in total. The number of aryl methyl sites for hydroxylation is 2. The van der Waals surface area contributed by atoms with Crippen LogP contribution in [0, 0.1) is 6.92 Å². The third-order valence-corrected chi connectivity index (χ3v) is 2.38. The fourth-order valence-electron chi connectivity index (χ4n) is 1.40. The maximum atomic E-state index is 9.08. The minimum Gasteiger partial charge on any atom is -0.392 e. The first-order chi connectivity index (χ1) is 6.27. The molecule has 0 aromatic heterocycles. The summed E-state index contributed by atoms with van der Waals surface area (Å²) in [6, 6.07) is 6.13. The van der Waals surface area contributed by atoms with E-state index in [9.17, 15) is 0 Å². The minimum atomic E-state index is 0.123. The first-order valence-corrected chi connectivity index (χ1v) is 5.06. The maximum Gasteiger partial charge on any atom is 0.0684 e. The summed E-state index contributed by atoms with van der Waals surface area (Å²) in [5.74, 6) is 0.679. The van der Waals surface area contributed by atoms with Gasteiger partial charge in [0.1, 0.15) is 0 Å². The first kappa shape index (κ1) is 10.6. The largest absolute Gasteiger partial charge is 0.392 e. The minimum absolute atomic E-state index is 0.123. The maximum absolute atomic E-state index is 9.08. The van der Waals surface area contributed by atoms with Gasteiger partial charge in [-0.3, -0.25) is 0 Å². The lowest BCUT2D eigenvalue weighted by molar-refractivity contribution is 0.280. The molecule has 13 heavy (non-hydrogen) atoms. The van der Waals surface area contributed by atoms with Gasteiger partial charge in [0.15, 0.2) is 0 Å². The van der Waals surface area contributed by atoms with Gasteiger partial charge < -0.3 is 5.11 Å². The van der Waals surface area contributed by atoms with Gasteiger partial charge in [-0.2, -0.15) is 0 Å². The molecule has 0 saturated heterocycles. The van der Waals surface area contributed by atoms with Crippen LogP contribution in [0.5, 0.6) is 0 Å². The Bertz CT molecular complexity index is 271. The molecule has 0 aliphatic rings. The van der Waals surface area contributed by atoms with Crippen LogP contribution < -0.4 is 0 Å². The molecular formula is C11H15ClO. The highest BCUT2D eigenvalue weighted by atomic mass is 35.5. The topological polar surface area (TPSA) is 20.2 Å². The number of halogens is 1. The Kier molecular flexibility index (Phi) is 4.26. The summed E-state index contributed by atoms with van der Waals surface area (Å²) in [7, 11) is 0. The Balaban J connectivity index is 2.81. The molecule has 0 bridgehead atoms. The standard InChI is InChI=1S/C11H15ClO/c1-9-4-5-11(8-13)10(7-9)3-2-6-12/h4-5,7,13H,2-3,6,8H2,1H3. The lowest BCUT2D eigenvalue weighted by Crippen LogP contribution is -1.95. The van der Waals surface area contributed by atoms with E-state index in [-0.39, 0.29) is 6.61 Å². The monoisotopic (exact) mass is 198 g/mol. The summed E-state index contributed by atoms with van der Waals surface area (Å²) in [5, 5.41) is 9.08. The van der Waals surface area contributed by atoms with Gasteiger partial charge in [0.25, 0.3) is 0 Å². The van der Waals surface area contributed by atoms with Gasteiger partial charge in [0.2, 0.25) is 0 Å². The number of aliphatic hydroxyl groups is 1. The van der Waals surface area contributed by atoms with Crippen LogP contribution in [0.2, 0.25) is 0 Å². The molecule has 0 atom stereocenters. The molecular weight excluding hydrogens is 184 g/mol. The zero-order valence-electron chi connectivity index (χ0n) is 7.89. The number of hydrogen-bond acceptors (Lipinski definition) is 1. The van der Waals surface area contributed by atoms with Gasteiger partial charge in [-0.15, -0.1) is 11.6 Å². The van der Waals surface area contributed by atoms with E-state index < -0.39 is 0 Å². The van der Waals surface area contributed by atoms with Crippen molar-refractivity contribution in [3.63, 3.8) is 0 Å². The van der Waals surface area contributed by atoms with Crippen LogP contribution in [-0.4, -0.2) is 11.0 Å². The number of alkyl halides is 1. The van der Waals surface area contributed by atoms with Gasteiger partial charge in [0, 0.05) is 5.88 Å². The van der Waals surface area contributed by atoms with Crippen molar-refractivity contribution in [2.45, 2.75) is 26.4 Å². The van der Waals surface area contributed by atoms with E-state index in [1.165, 1.54) is 11.1 Å². The fraction of sp³-hybridized carbons (Fsp3) is 0.455. The van der Waals surface area contributed by atoms with Crippen molar-refractivity contribution >= 4 is 11.6 Å². The number of aliphatic hydroxyl groups excluding tert-OH is 1. The van der Waals surface area contributed by atoms with Crippen LogP contribution in [0.15, 0.2) is 18.2 Å². The molecule has 1 N–H and O–H groups in total. The van der Waals surface area contributed by atoms with Crippen molar-refractivity contribution < 1.29 is 5.11 Å². The summed E-state index contributed by atoms with van der Waals surface area (Å²) in [4.78, 5) is 0. The molecule has 2 heteroatoms. The van der Waals surface area contributed by atoms with E-state index >= 15 is 0 Å². The molecule has 72 valence electrons. The molecule has 0 heterocycles. The highest BCUT2D eigenvalue weighted by Crippen LogP contribution is 2.14. The lowest BCUT2D eigenvalue weighted by atomic mass is 10.0. The van der Waals surface area contributed by atoms with Gasteiger partial charge >= 0.3 is 0 Å². The zero-order valence-corrected chi connectivity index (χ0v) is 8.64. The number of hydrogen-bond donors (Lipinski definition) is 1. The highest BCUT2D eigenvalue weighted by molar-refractivity contribution is 6.17. The van der Waals surface area contributed by atoms with Crippen LogP contribution in [0.1, 0.15) is 23.1 Å². The van der Waals surface area contributed by atoms with Gasteiger partial charge in [-0.05, 0) is 30.9 Å². The molecule has 0 unspecified atom stereocenters. The lowest BCUT2D eigenvalue weighted by Gasteiger charge is -2.07. The van der Waals surface area contributed by atoms with E-state index in [1.807, 2.05) is 12.1 Å². The van der Waals surface area contributed by atoms with Crippen molar-refractivity contribution in [3.8, 4) is 0 Å². The molecule has 1 aromatic rings. The second-order valence-electron chi connectivity index (χ2n) is 3.22. The first-order valence-electron chi connectivity index (χ1n) is 4.53. The van der Waals surface area contributed by atoms with Crippen molar-refractivity contribution in [3.05, 3.63) is 34.9 Å². The second-order valence-corrected chi connectivity index (χ2v) is 3.60. The van der Waals surface area contributed by atoms with Crippen LogP contribution >= 0.6 is 11.6 Å². The van der Waals surface area contributed by atoms with E-state index in [0.29, 0.717) is 5.88 Å². The predicted octanol–water partition coefficient (Wildman–Crippen LogP) is 2.66. The van der Waals surface area contributed by atoms with Gasteiger partial charge in [0.05, 0.1) is 6.61 Å². The van der Waals surface area contributed by atoms with Crippen molar-refractivity contribution in [1.29, 1.82) is 0 Å². The molecule has 0 fully saturated rings. The average molecular weight is 199 g/mol. The molecule has 0 aliphatic heterocycles. The number of rotatable bonds is 4. The van der Waals surface area contributed by atoms with Crippen LogP contribution in [0.4, 0.5) is 0 Å². The Morgan fingerprint density at radius 3 is 2.69 bits per heavy atom. The highest BCUT2D eigenvalue weighted by Gasteiger charge is 2.00. The zero-order chi connectivity index (χ0) is 9.68. The van der Waals surface area contributed by atoms with E-state index in [1.54, 1.807) is 0 Å².